The molecular weight excluding hydrogens is 240 g/mol. The Balaban J connectivity index is 2.33. The number of nitrogens with one attached hydrogen (secondary N) is 2. The van der Waals surface area contributed by atoms with Crippen LogP contribution in [-0.4, -0.2) is 25.2 Å². The van der Waals surface area contributed by atoms with Gasteiger partial charge in [0.2, 0.25) is 0 Å². The van der Waals surface area contributed by atoms with Crippen LogP contribution in [0.5, 0.6) is 0 Å². The summed E-state index contributed by atoms with van der Waals surface area (Å²) < 4.78 is 0. The lowest BCUT2D eigenvalue weighted by atomic mass is 10.0. The second-order valence-corrected chi connectivity index (χ2v) is 4.79. The normalized spacial score (nSPS) is 18.6. The number of anilines is 1. The second-order valence-electron chi connectivity index (χ2n) is 4.79. The van der Waals surface area contributed by atoms with Gasteiger partial charge in [-0.15, -0.1) is 0 Å². The van der Waals surface area contributed by atoms with Crippen molar-refractivity contribution in [1.82, 2.24) is 10.6 Å². The zero-order valence-electron chi connectivity index (χ0n) is 11.8. The average Bonchev–Trinajstić information content (AvgIpc) is 2.31. The van der Waals surface area contributed by atoms with Crippen molar-refractivity contribution < 1.29 is 4.79 Å². The molecular formula is C14H20N4O. The molecule has 2 rings (SSSR count). The molecule has 1 heterocycles. The van der Waals surface area contributed by atoms with Gasteiger partial charge in [-0.25, -0.2) is 9.79 Å². The molecule has 5 nitrogen and oxygen atoms in total. The first-order chi connectivity index (χ1) is 9.02. The smallest absolute Gasteiger partial charge is 0.303 e. The van der Waals surface area contributed by atoms with Gasteiger partial charge in [-0.2, -0.15) is 0 Å². The van der Waals surface area contributed by atoms with Crippen molar-refractivity contribution in [2.24, 2.45) is 4.99 Å². The van der Waals surface area contributed by atoms with Crippen LogP contribution in [0.3, 0.4) is 0 Å². The summed E-state index contributed by atoms with van der Waals surface area (Å²) in [6, 6.07) is 3.98. The summed E-state index contributed by atoms with van der Waals surface area (Å²) in [5.74, 6) is 0. The number of urea groups is 1. The van der Waals surface area contributed by atoms with E-state index in [0.717, 1.165) is 23.4 Å². The van der Waals surface area contributed by atoms with E-state index in [1.54, 1.807) is 11.2 Å². The van der Waals surface area contributed by atoms with Gasteiger partial charge in [0.15, 0.2) is 6.29 Å². The molecule has 2 amide bonds. The van der Waals surface area contributed by atoms with E-state index in [-0.39, 0.29) is 12.3 Å². The van der Waals surface area contributed by atoms with Crippen LogP contribution in [0.4, 0.5) is 10.5 Å². The van der Waals surface area contributed by atoms with Crippen molar-refractivity contribution in [1.29, 1.82) is 0 Å². The Morgan fingerprint density at radius 2 is 1.95 bits per heavy atom. The Bertz CT molecular complexity index is 501. The van der Waals surface area contributed by atoms with Crippen molar-refractivity contribution in [3.8, 4) is 0 Å². The third-order valence-corrected chi connectivity index (χ3v) is 3.08. The zero-order chi connectivity index (χ0) is 14.0. The SMILES string of the molecule is CCNC1N=CN(c2c(C)cc(C)cc2C)C(=O)N1. The number of benzene rings is 1. The zero-order valence-corrected chi connectivity index (χ0v) is 11.8. The maximum atomic E-state index is 12.2. The van der Waals surface area contributed by atoms with Crippen LogP contribution in [0.2, 0.25) is 0 Å². The number of aryl methyl sites for hydroxylation is 3. The van der Waals surface area contributed by atoms with E-state index < -0.39 is 0 Å². The predicted molar refractivity (Wildman–Crippen MR) is 77.6 cm³/mol. The summed E-state index contributed by atoms with van der Waals surface area (Å²) in [6.07, 6.45) is 1.26. The van der Waals surface area contributed by atoms with E-state index in [2.05, 4.69) is 34.7 Å². The molecule has 0 saturated carbocycles. The molecule has 5 heteroatoms. The molecule has 2 N–H and O–H groups in total. The Kier molecular flexibility index (Phi) is 3.85. The lowest BCUT2D eigenvalue weighted by Gasteiger charge is -2.29. The van der Waals surface area contributed by atoms with E-state index in [4.69, 9.17) is 0 Å². The van der Waals surface area contributed by atoms with Crippen LogP contribution in [0, 0.1) is 20.8 Å². The molecule has 19 heavy (non-hydrogen) atoms. The van der Waals surface area contributed by atoms with E-state index >= 15 is 0 Å². The molecule has 1 atom stereocenters. The van der Waals surface area contributed by atoms with Gasteiger partial charge < -0.3 is 5.32 Å². The molecule has 1 aliphatic heterocycles. The van der Waals surface area contributed by atoms with E-state index in [0.29, 0.717) is 0 Å². The molecule has 1 aromatic carbocycles. The van der Waals surface area contributed by atoms with Crippen LogP contribution >= 0.6 is 0 Å². The van der Waals surface area contributed by atoms with Gasteiger partial charge in [-0.1, -0.05) is 24.6 Å². The van der Waals surface area contributed by atoms with Crippen LogP contribution in [-0.2, 0) is 0 Å². The lowest BCUT2D eigenvalue weighted by molar-refractivity contribution is 0.242. The van der Waals surface area contributed by atoms with Crippen LogP contribution < -0.4 is 15.5 Å². The fourth-order valence-corrected chi connectivity index (χ4v) is 2.42. The summed E-state index contributed by atoms with van der Waals surface area (Å²) in [4.78, 5) is 18.0. The lowest BCUT2D eigenvalue weighted by Crippen LogP contribution is -2.54. The number of hydrogen-bond acceptors (Lipinski definition) is 3. The Morgan fingerprint density at radius 3 is 2.47 bits per heavy atom. The van der Waals surface area contributed by atoms with Gasteiger partial charge in [0.25, 0.3) is 0 Å². The average molecular weight is 260 g/mol. The Hall–Kier alpha value is -1.88. The predicted octanol–water partition coefficient (Wildman–Crippen LogP) is 2.06. The fourth-order valence-electron chi connectivity index (χ4n) is 2.42. The monoisotopic (exact) mass is 260 g/mol. The highest BCUT2D eigenvalue weighted by molar-refractivity contribution is 6.09. The Labute approximate surface area is 113 Å². The number of carbonyl (C=O) groups excluding carboxylic acids is 1. The molecule has 0 bridgehead atoms. The number of amides is 2. The summed E-state index contributed by atoms with van der Waals surface area (Å²) in [6.45, 7) is 8.79. The van der Waals surface area contributed by atoms with Crippen molar-refractivity contribution in [3.05, 3.63) is 28.8 Å². The quantitative estimate of drug-likeness (QED) is 0.874. The first kappa shape index (κ1) is 13.5. The molecule has 0 saturated heterocycles. The molecule has 1 aliphatic rings. The van der Waals surface area contributed by atoms with E-state index in [9.17, 15) is 4.79 Å². The van der Waals surface area contributed by atoms with Crippen LogP contribution in [0.25, 0.3) is 0 Å². The summed E-state index contributed by atoms with van der Waals surface area (Å²) >= 11 is 0. The molecule has 1 unspecified atom stereocenters. The minimum absolute atomic E-state index is 0.156. The first-order valence-corrected chi connectivity index (χ1v) is 6.47. The maximum absolute atomic E-state index is 12.2. The molecule has 0 spiro atoms. The Morgan fingerprint density at radius 1 is 1.32 bits per heavy atom. The number of rotatable bonds is 3. The van der Waals surface area contributed by atoms with Crippen molar-refractivity contribution >= 4 is 18.1 Å². The minimum atomic E-state index is -0.334. The molecule has 0 radical (unpaired) electrons. The summed E-state index contributed by atoms with van der Waals surface area (Å²) in [5.41, 5.74) is 4.24. The fraction of sp³-hybridized carbons (Fsp3) is 0.429. The second kappa shape index (κ2) is 5.40. The van der Waals surface area contributed by atoms with Crippen LogP contribution in [0.15, 0.2) is 17.1 Å². The van der Waals surface area contributed by atoms with Crippen molar-refractivity contribution in [2.45, 2.75) is 34.0 Å². The number of aliphatic imine (C=N–C) groups is 1. The summed E-state index contributed by atoms with van der Waals surface area (Å²) in [5, 5.41) is 5.88. The van der Waals surface area contributed by atoms with Gasteiger partial charge in [0.1, 0.15) is 6.34 Å². The topological polar surface area (TPSA) is 56.7 Å². The molecule has 0 aromatic heterocycles. The van der Waals surface area contributed by atoms with E-state index in [1.807, 2.05) is 20.8 Å². The van der Waals surface area contributed by atoms with Crippen molar-refractivity contribution in [3.63, 3.8) is 0 Å². The molecule has 0 fully saturated rings. The van der Waals surface area contributed by atoms with Gasteiger partial charge in [0.05, 0.1) is 5.69 Å². The van der Waals surface area contributed by atoms with Gasteiger partial charge in [-0.05, 0) is 38.4 Å². The van der Waals surface area contributed by atoms with Gasteiger partial charge in [-0.3, -0.25) is 10.2 Å². The van der Waals surface area contributed by atoms with Gasteiger partial charge >= 0.3 is 6.03 Å². The largest absolute Gasteiger partial charge is 0.329 e. The summed E-state index contributed by atoms with van der Waals surface area (Å²) in [7, 11) is 0. The van der Waals surface area contributed by atoms with Gasteiger partial charge in [0, 0.05) is 0 Å². The number of nitrogens with zero attached hydrogens (tertiary/aromatic N) is 2. The highest BCUT2D eigenvalue weighted by Crippen LogP contribution is 2.26. The third kappa shape index (κ3) is 2.76. The molecule has 0 aliphatic carbocycles. The molecule has 102 valence electrons. The van der Waals surface area contributed by atoms with Crippen LogP contribution in [0.1, 0.15) is 23.6 Å². The number of hydrogen-bond donors (Lipinski definition) is 2. The van der Waals surface area contributed by atoms with E-state index in [1.165, 1.54) is 5.56 Å². The van der Waals surface area contributed by atoms with Crippen molar-refractivity contribution in [2.75, 3.05) is 11.4 Å². The number of carbonyl (C=O) groups is 1. The standard InChI is InChI=1S/C14H20N4O/c1-5-15-13-16-8-18(14(19)17-13)12-10(3)6-9(2)7-11(12)4/h6-8,13,15H,5H2,1-4H3,(H,17,19). The highest BCUT2D eigenvalue weighted by atomic mass is 16.2. The maximum Gasteiger partial charge on any atom is 0.329 e. The highest BCUT2D eigenvalue weighted by Gasteiger charge is 2.24. The first-order valence-electron chi connectivity index (χ1n) is 6.47. The molecule has 1 aromatic rings. The third-order valence-electron chi connectivity index (χ3n) is 3.08. The minimum Gasteiger partial charge on any atom is -0.303 e.